The molecule has 3 rings (SSSR count). The van der Waals surface area contributed by atoms with Crippen LogP contribution in [0.1, 0.15) is 105 Å². The summed E-state index contributed by atoms with van der Waals surface area (Å²) in [5.41, 5.74) is 7.47. The first-order valence-corrected chi connectivity index (χ1v) is 21.8. The molecule has 2 aromatic rings. The van der Waals surface area contributed by atoms with Gasteiger partial charge in [0.25, 0.3) is 11.8 Å². The number of amides is 6. The van der Waals surface area contributed by atoms with Crippen molar-refractivity contribution in [3.63, 3.8) is 0 Å². The highest BCUT2D eigenvalue weighted by molar-refractivity contribution is 5.94. The molecule has 6 amide bonds. The summed E-state index contributed by atoms with van der Waals surface area (Å²) in [6, 6.07) is 12.1. The van der Waals surface area contributed by atoms with Crippen molar-refractivity contribution >= 4 is 47.3 Å². The molecular weight excluding hydrogens is 850 g/mol. The van der Waals surface area contributed by atoms with Gasteiger partial charge >= 0.3 is 6.18 Å². The van der Waals surface area contributed by atoms with Gasteiger partial charge in [0, 0.05) is 75.6 Å². The average Bonchev–Trinajstić information content (AvgIpc) is 4.09. The maximum Gasteiger partial charge on any atom is 0.426 e. The van der Waals surface area contributed by atoms with Gasteiger partial charge in [-0.15, -0.1) is 12.3 Å². The standard InChI is InChI=1S/C45H63F3N10O7/c1-5-6-18-41(62)57(31-14-29-51-53-42(63)34-21-23-35(24-22-34)44(55-56-44)45(46,47)48)32-40(61)49-28-13-9-10-15-37(58(2,3)4)43(64)50-30-27-33-19-25-36(26-20-33)52-38(59)16-11-7-8-12-17-39(60)54-65/h1,19-26,29,37,55-56H,6-18,27-28,30-32H2,2-4H3,(H5-,49,50,52,53,54,59,60,61,63,64,65)/p+1/b51-29+/t37-/m1/s1. The number of unbranched alkanes of at least 4 members (excludes halogenated alkanes) is 5. The number of hydroxylamine groups is 1. The number of terminal acetylenes is 1. The number of hydrogen-bond acceptors (Lipinski definition) is 10. The molecule has 0 spiro atoms. The van der Waals surface area contributed by atoms with E-state index >= 15 is 0 Å². The smallest absolute Gasteiger partial charge is 0.355 e. The molecule has 17 nitrogen and oxygen atoms in total. The topological polar surface area (TPSA) is 242 Å². The number of alkyl halides is 3. The number of anilines is 1. The molecule has 20 heteroatoms. The van der Waals surface area contributed by atoms with Crippen LogP contribution >= 0.6 is 0 Å². The summed E-state index contributed by atoms with van der Waals surface area (Å²) in [5.74, 6) is 0.548. The number of rotatable bonds is 29. The van der Waals surface area contributed by atoms with Crippen molar-refractivity contribution in [3.8, 4) is 12.3 Å². The molecule has 1 atom stereocenters. The number of carbonyl (C=O) groups is 6. The summed E-state index contributed by atoms with van der Waals surface area (Å²) in [6.07, 6.45) is 9.57. The third-order valence-electron chi connectivity index (χ3n) is 10.7. The van der Waals surface area contributed by atoms with E-state index in [2.05, 4.69) is 43.2 Å². The second-order valence-electron chi connectivity index (χ2n) is 16.7. The summed E-state index contributed by atoms with van der Waals surface area (Å²) < 4.78 is 40.4. The lowest BCUT2D eigenvalue weighted by Crippen LogP contribution is -2.54. The van der Waals surface area contributed by atoms with Crippen LogP contribution in [-0.2, 0) is 36.1 Å². The van der Waals surface area contributed by atoms with Gasteiger partial charge in [-0.25, -0.2) is 21.8 Å². The second-order valence-corrected chi connectivity index (χ2v) is 16.7. The molecule has 0 saturated carbocycles. The zero-order chi connectivity index (χ0) is 47.9. The van der Waals surface area contributed by atoms with Crippen molar-refractivity contribution in [2.75, 3.05) is 52.6 Å². The van der Waals surface area contributed by atoms with Crippen molar-refractivity contribution in [2.45, 2.75) is 108 Å². The zero-order valence-corrected chi connectivity index (χ0v) is 37.5. The highest BCUT2D eigenvalue weighted by Crippen LogP contribution is 2.42. The highest BCUT2D eigenvalue weighted by Gasteiger charge is 2.65. The molecule has 0 aliphatic carbocycles. The fourth-order valence-corrected chi connectivity index (χ4v) is 6.83. The fourth-order valence-electron chi connectivity index (χ4n) is 6.83. The van der Waals surface area contributed by atoms with E-state index in [0.717, 1.165) is 31.2 Å². The minimum atomic E-state index is -4.57. The number of halogens is 3. The second kappa shape index (κ2) is 26.8. The molecule has 1 aliphatic rings. The summed E-state index contributed by atoms with van der Waals surface area (Å²) >= 11 is 0. The van der Waals surface area contributed by atoms with Crippen molar-refractivity contribution in [2.24, 2.45) is 5.10 Å². The largest absolute Gasteiger partial charge is 0.426 e. The Morgan fingerprint density at radius 3 is 2.09 bits per heavy atom. The van der Waals surface area contributed by atoms with Crippen LogP contribution in [-0.4, -0.2) is 116 Å². The molecule has 0 radical (unpaired) electrons. The SMILES string of the molecule is C#CCCC(=O)N(CC/C=N/NC(=O)c1ccc(C2(C(F)(F)F)NN2)cc1)CC(=O)NCCCCC[C@H](C(=O)NCCc1ccc(NC(=O)CCCCCCC(=O)NO)cc1)[N+](C)(C)C. The molecule has 356 valence electrons. The van der Waals surface area contributed by atoms with Gasteiger partial charge in [-0.1, -0.05) is 43.5 Å². The van der Waals surface area contributed by atoms with E-state index in [9.17, 15) is 41.9 Å². The molecule has 0 aromatic heterocycles. The quantitative estimate of drug-likeness (QED) is 0.0113. The summed E-state index contributed by atoms with van der Waals surface area (Å²) in [5, 5.41) is 21.2. The number of carbonyl (C=O) groups excluding carboxylic acids is 6. The number of quaternary nitrogens is 1. The Bertz CT molecular complexity index is 1950. The summed E-state index contributed by atoms with van der Waals surface area (Å²) in [4.78, 5) is 76.1. The minimum absolute atomic E-state index is 0.0468. The van der Waals surface area contributed by atoms with E-state index in [-0.39, 0.29) is 79.6 Å². The van der Waals surface area contributed by atoms with E-state index in [1.165, 1.54) is 35.4 Å². The molecule has 1 fully saturated rings. The number of benzene rings is 2. The number of hydrazone groups is 1. The Morgan fingerprint density at radius 1 is 0.846 bits per heavy atom. The lowest BCUT2D eigenvalue weighted by molar-refractivity contribution is -0.886. The normalized spacial score (nSPS) is 13.6. The average molecular weight is 914 g/mol. The van der Waals surface area contributed by atoms with Crippen LogP contribution in [0.15, 0.2) is 53.6 Å². The molecule has 1 saturated heterocycles. The van der Waals surface area contributed by atoms with E-state index in [1.807, 2.05) is 45.4 Å². The van der Waals surface area contributed by atoms with Crippen molar-refractivity contribution in [1.82, 2.24) is 37.3 Å². The predicted molar refractivity (Wildman–Crippen MR) is 238 cm³/mol. The third kappa shape index (κ3) is 19.0. The van der Waals surface area contributed by atoms with E-state index in [4.69, 9.17) is 11.6 Å². The first-order valence-electron chi connectivity index (χ1n) is 21.8. The molecular formula is C45H64F3N10O7+. The van der Waals surface area contributed by atoms with Crippen molar-refractivity contribution < 1.29 is 51.6 Å². The molecule has 2 aromatic carbocycles. The number of nitrogens with one attached hydrogen (secondary N) is 7. The maximum absolute atomic E-state index is 13.3. The highest BCUT2D eigenvalue weighted by atomic mass is 19.4. The van der Waals surface area contributed by atoms with Gasteiger partial charge in [-0.05, 0) is 67.5 Å². The number of likely N-dealkylation sites (N-methyl/N-ethyl adjacent to an activating group) is 1. The Morgan fingerprint density at radius 2 is 1.49 bits per heavy atom. The van der Waals surface area contributed by atoms with Crippen molar-refractivity contribution in [3.05, 3.63) is 65.2 Å². The Labute approximate surface area is 378 Å². The van der Waals surface area contributed by atoms with E-state index in [0.29, 0.717) is 61.8 Å². The lowest BCUT2D eigenvalue weighted by Gasteiger charge is -2.33. The number of hydrazine groups is 1. The van der Waals surface area contributed by atoms with Crippen LogP contribution in [0.5, 0.6) is 0 Å². The van der Waals surface area contributed by atoms with Gasteiger partial charge in [0.15, 0.2) is 6.04 Å². The third-order valence-corrected chi connectivity index (χ3v) is 10.7. The van der Waals surface area contributed by atoms with Crippen LogP contribution in [0.4, 0.5) is 18.9 Å². The Balaban J connectivity index is 1.33. The summed E-state index contributed by atoms with van der Waals surface area (Å²) in [6.45, 7) is 0.737. The molecule has 65 heavy (non-hydrogen) atoms. The van der Waals surface area contributed by atoms with Crippen LogP contribution in [0.3, 0.4) is 0 Å². The zero-order valence-electron chi connectivity index (χ0n) is 37.5. The van der Waals surface area contributed by atoms with Crippen LogP contribution < -0.4 is 37.7 Å². The van der Waals surface area contributed by atoms with Gasteiger partial charge in [0.2, 0.25) is 29.3 Å². The first kappa shape index (κ1) is 53.5. The minimum Gasteiger partial charge on any atom is -0.355 e. The molecule has 8 N–H and O–H groups in total. The molecule has 1 aliphatic heterocycles. The van der Waals surface area contributed by atoms with Gasteiger partial charge in [-0.3, -0.25) is 34.0 Å². The van der Waals surface area contributed by atoms with Crippen LogP contribution in [0.2, 0.25) is 0 Å². The monoisotopic (exact) mass is 913 g/mol. The molecule has 0 unspecified atom stereocenters. The number of nitrogens with zero attached hydrogens (tertiary/aromatic N) is 3. The Hall–Kier alpha value is -5.88. The van der Waals surface area contributed by atoms with Crippen molar-refractivity contribution in [1.29, 1.82) is 0 Å². The molecule has 0 bridgehead atoms. The molecule has 1 heterocycles. The Kier molecular flexibility index (Phi) is 22.0. The maximum atomic E-state index is 13.3. The summed E-state index contributed by atoms with van der Waals surface area (Å²) in [7, 11) is 5.92. The number of hydrogen-bond donors (Lipinski definition) is 8. The fraction of sp³-hybridized carbons (Fsp3) is 0.533. The van der Waals surface area contributed by atoms with Crippen LogP contribution in [0.25, 0.3) is 0 Å². The van der Waals surface area contributed by atoms with Gasteiger partial charge in [-0.2, -0.15) is 18.3 Å². The van der Waals surface area contributed by atoms with E-state index < -0.39 is 23.7 Å². The van der Waals surface area contributed by atoms with E-state index in [1.54, 1.807) is 5.48 Å². The van der Waals surface area contributed by atoms with Gasteiger partial charge < -0.3 is 25.3 Å². The lowest BCUT2D eigenvalue weighted by atomic mass is 10.0. The van der Waals surface area contributed by atoms with Crippen LogP contribution in [0, 0.1) is 12.3 Å². The van der Waals surface area contributed by atoms with Gasteiger partial charge in [0.1, 0.15) is 0 Å². The first-order chi connectivity index (χ1) is 30.9. The predicted octanol–water partition coefficient (Wildman–Crippen LogP) is 3.75. The van der Waals surface area contributed by atoms with Gasteiger partial charge in [0.05, 0.1) is 27.7 Å².